The van der Waals surface area contributed by atoms with Gasteiger partial charge in [-0.3, -0.25) is 0 Å². The molecule has 0 saturated heterocycles. The van der Waals surface area contributed by atoms with Crippen LogP contribution in [-0.4, -0.2) is 17.7 Å². The summed E-state index contributed by atoms with van der Waals surface area (Å²) in [5.41, 5.74) is 0.437. The van der Waals surface area contributed by atoms with E-state index in [0.29, 0.717) is 5.56 Å². The molecule has 3 N–H and O–H groups in total. The summed E-state index contributed by atoms with van der Waals surface area (Å²) in [7, 11) is 0. The Bertz CT molecular complexity index is 620. The van der Waals surface area contributed by atoms with Crippen molar-refractivity contribution in [2.24, 2.45) is 0 Å². The van der Waals surface area contributed by atoms with E-state index in [-0.39, 0.29) is 12.3 Å². The molecule has 0 fully saturated rings. The number of aliphatic hydroxyl groups is 1. The van der Waals surface area contributed by atoms with E-state index in [1.807, 2.05) is 0 Å². The normalized spacial score (nSPS) is 11.8. The first-order valence-corrected chi connectivity index (χ1v) is 6.28. The van der Waals surface area contributed by atoms with E-state index in [0.717, 1.165) is 18.2 Å². The molecule has 2 aromatic carbocycles. The summed E-state index contributed by atoms with van der Waals surface area (Å²) in [5, 5.41) is 14.0. The van der Waals surface area contributed by atoms with Gasteiger partial charge in [0.2, 0.25) is 0 Å². The number of nitrogens with one attached hydrogen (secondary N) is 2. The molecule has 0 radical (unpaired) electrons. The molecule has 0 bridgehead atoms. The number of hydrogen-bond donors (Lipinski definition) is 3. The van der Waals surface area contributed by atoms with Crippen molar-refractivity contribution in [2.45, 2.75) is 6.04 Å². The molecule has 21 heavy (non-hydrogen) atoms. The maximum absolute atomic E-state index is 13.4. The van der Waals surface area contributed by atoms with Crippen LogP contribution in [0.1, 0.15) is 11.6 Å². The lowest BCUT2D eigenvalue weighted by atomic mass is 10.1. The molecular formula is C15H14F2N2O2. The average Bonchev–Trinajstić information content (AvgIpc) is 2.49. The molecular weight excluding hydrogens is 278 g/mol. The number of hydrogen-bond acceptors (Lipinski definition) is 2. The largest absolute Gasteiger partial charge is 0.394 e. The lowest BCUT2D eigenvalue weighted by Gasteiger charge is -2.17. The van der Waals surface area contributed by atoms with Gasteiger partial charge in [-0.15, -0.1) is 0 Å². The van der Waals surface area contributed by atoms with Crippen molar-refractivity contribution in [1.82, 2.24) is 5.32 Å². The highest BCUT2D eigenvalue weighted by Gasteiger charge is 2.14. The van der Waals surface area contributed by atoms with Gasteiger partial charge in [0.25, 0.3) is 0 Å². The van der Waals surface area contributed by atoms with Crippen molar-refractivity contribution < 1.29 is 18.7 Å². The minimum Gasteiger partial charge on any atom is -0.394 e. The molecule has 6 heteroatoms. The zero-order valence-electron chi connectivity index (χ0n) is 11.0. The Morgan fingerprint density at radius 2 is 1.86 bits per heavy atom. The van der Waals surface area contributed by atoms with Crippen LogP contribution in [0.3, 0.4) is 0 Å². The molecule has 4 nitrogen and oxygen atoms in total. The third-order valence-electron chi connectivity index (χ3n) is 2.87. The number of carbonyl (C=O) groups is 1. The summed E-state index contributed by atoms with van der Waals surface area (Å²) < 4.78 is 26.4. The van der Waals surface area contributed by atoms with Crippen molar-refractivity contribution in [3.63, 3.8) is 0 Å². The lowest BCUT2D eigenvalue weighted by molar-refractivity contribution is 0.225. The summed E-state index contributed by atoms with van der Waals surface area (Å²) in [4.78, 5) is 11.8. The summed E-state index contributed by atoms with van der Waals surface area (Å²) in [6, 6.07) is 10.2. The Morgan fingerprint density at radius 1 is 1.14 bits per heavy atom. The number of aliphatic hydroxyl groups excluding tert-OH is 1. The van der Waals surface area contributed by atoms with E-state index in [1.165, 1.54) is 0 Å². The van der Waals surface area contributed by atoms with Crippen LogP contribution in [0.2, 0.25) is 0 Å². The van der Waals surface area contributed by atoms with Gasteiger partial charge in [0.05, 0.1) is 18.3 Å². The Balaban J connectivity index is 2.05. The standard InChI is InChI=1S/C15H14F2N2O2/c16-11-6-7-12(17)13(8-11)18-15(21)19-14(9-20)10-4-2-1-3-5-10/h1-8,14,20H,9H2,(H2,18,19,21). The zero-order valence-corrected chi connectivity index (χ0v) is 11.0. The predicted octanol–water partition coefficient (Wildman–Crippen LogP) is 2.82. The maximum Gasteiger partial charge on any atom is 0.319 e. The number of carbonyl (C=O) groups excluding carboxylic acids is 1. The first-order chi connectivity index (χ1) is 10.1. The van der Waals surface area contributed by atoms with Crippen molar-refractivity contribution in [3.8, 4) is 0 Å². The highest BCUT2D eigenvalue weighted by Crippen LogP contribution is 2.16. The molecule has 0 saturated carbocycles. The minimum atomic E-state index is -0.744. The molecule has 0 heterocycles. The first-order valence-electron chi connectivity index (χ1n) is 6.28. The van der Waals surface area contributed by atoms with Gasteiger partial charge < -0.3 is 15.7 Å². The van der Waals surface area contributed by atoms with E-state index in [1.54, 1.807) is 30.3 Å². The summed E-state index contributed by atoms with van der Waals surface area (Å²) >= 11 is 0. The second-order valence-corrected chi connectivity index (χ2v) is 4.37. The van der Waals surface area contributed by atoms with Crippen LogP contribution in [0.4, 0.5) is 19.3 Å². The number of halogens is 2. The highest BCUT2D eigenvalue weighted by molar-refractivity contribution is 5.89. The van der Waals surface area contributed by atoms with Crippen LogP contribution >= 0.6 is 0 Å². The second-order valence-electron chi connectivity index (χ2n) is 4.37. The van der Waals surface area contributed by atoms with Crippen molar-refractivity contribution >= 4 is 11.7 Å². The van der Waals surface area contributed by atoms with Gasteiger partial charge in [-0.25, -0.2) is 13.6 Å². The summed E-state index contributed by atoms with van der Waals surface area (Å²) in [5.74, 6) is -1.40. The van der Waals surface area contributed by atoms with Crippen LogP contribution in [-0.2, 0) is 0 Å². The van der Waals surface area contributed by atoms with Gasteiger partial charge in [-0.2, -0.15) is 0 Å². The molecule has 2 amide bonds. The molecule has 2 rings (SSSR count). The van der Waals surface area contributed by atoms with Crippen molar-refractivity contribution in [1.29, 1.82) is 0 Å². The van der Waals surface area contributed by atoms with Gasteiger partial charge in [0, 0.05) is 6.07 Å². The number of amides is 2. The molecule has 0 aromatic heterocycles. The van der Waals surface area contributed by atoms with Gasteiger partial charge in [-0.05, 0) is 17.7 Å². The van der Waals surface area contributed by atoms with Crippen molar-refractivity contribution in [3.05, 3.63) is 65.7 Å². The summed E-state index contributed by atoms with van der Waals surface area (Å²) in [6.45, 7) is -0.316. The van der Waals surface area contributed by atoms with Crippen molar-refractivity contribution in [2.75, 3.05) is 11.9 Å². The van der Waals surface area contributed by atoms with E-state index in [9.17, 15) is 18.7 Å². The third-order valence-corrected chi connectivity index (χ3v) is 2.87. The molecule has 110 valence electrons. The molecule has 0 aliphatic rings. The smallest absolute Gasteiger partial charge is 0.319 e. The molecule has 2 aromatic rings. The quantitative estimate of drug-likeness (QED) is 0.811. The predicted molar refractivity (Wildman–Crippen MR) is 74.8 cm³/mol. The monoisotopic (exact) mass is 292 g/mol. The Labute approximate surface area is 120 Å². The van der Waals surface area contributed by atoms with Gasteiger partial charge in [-0.1, -0.05) is 30.3 Å². The van der Waals surface area contributed by atoms with Crippen LogP contribution in [0, 0.1) is 11.6 Å². The molecule has 0 aliphatic heterocycles. The van der Waals surface area contributed by atoms with Crippen LogP contribution < -0.4 is 10.6 Å². The first kappa shape index (κ1) is 14.9. The van der Waals surface area contributed by atoms with Crippen LogP contribution in [0.5, 0.6) is 0 Å². The fourth-order valence-electron chi connectivity index (χ4n) is 1.83. The number of rotatable bonds is 4. The molecule has 0 aliphatic carbocycles. The molecule has 1 atom stereocenters. The van der Waals surface area contributed by atoms with Crippen LogP contribution in [0.25, 0.3) is 0 Å². The zero-order chi connectivity index (χ0) is 15.2. The molecule has 0 spiro atoms. The van der Waals surface area contributed by atoms with Gasteiger partial charge in [0.15, 0.2) is 0 Å². The Morgan fingerprint density at radius 3 is 2.52 bits per heavy atom. The topological polar surface area (TPSA) is 61.4 Å². The third kappa shape index (κ3) is 4.00. The van der Waals surface area contributed by atoms with E-state index in [4.69, 9.17) is 0 Å². The Kier molecular flexibility index (Phi) is 4.84. The SMILES string of the molecule is O=C(Nc1cc(F)ccc1F)NC(CO)c1ccccc1. The lowest BCUT2D eigenvalue weighted by Crippen LogP contribution is -2.34. The average molecular weight is 292 g/mol. The minimum absolute atomic E-state index is 0.266. The number of urea groups is 1. The van der Waals surface area contributed by atoms with Crippen LogP contribution in [0.15, 0.2) is 48.5 Å². The number of benzene rings is 2. The van der Waals surface area contributed by atoms with E-state index >= 15 is 0 Å². The maximum atomic E-state index is 13.4. The van der Waals surface area contributed by atoms with E-state index < -0.39 is 23.7 Å². The fourth-order valence-corrected chi connectivity index (χ4v) is 1.83. The Hall–Kier alpha value is -2.47. The molecule has 1 unspecified atom stereocenters. The number of anilines is 1. The van der Waals surface area contributed by atoms with Gasteiger partial charge >= 0.3 is 6.03 Å². The highest BCUT2D eigenvalue weighted by atomic mass is 19.1. The summed E-state index contributed by atoms with van der Waals surface area (Å²) in [6.07, 6.45) is 0. The fraction of sp³-hybridized carbons (Fsp3) is 0.133. The van der Waals surface area contributed by atoms with Gasteiger partial charge in [0.1, 0.15) is 11.6 Å². The second kappa shape index (κ2) is 6.81. The van der Waals surface area contributed by atoms with E-state index in [2.05, 4.69) is 10.6 Å².